The van der Waals surface area contributed by atoms with Gasteiger partial charge in [0.1, 0.15) is 5.75 Å². The number of carbonyl (C=O) groups excluding carboxylic acids is 1. The van der Waals surface area contributed by atoms with E-state index >= 15 is 0 Å². The van der Waals surface area contributed by atoms with Crippen molar-refractivity contribution in [2.45, 2.75) is 12.5 Å². The SMILES string of the molecule is O=C(COc1cc(Cl)cc(Cl)c1)N1CCN(C2CCS(=O)(=O)C2)CC1. The Labute approximate surface area is 157 Å². The van der Waals surface area contributed by atoms with Crippen molar-refractivity contribution in [2.75, 3.05) is 44.3 Å². The molecule has 2 fully saturated rings. The van der Waals surface area contributed by atoms with Gasteiger partial charge in [0.15, 0.2) is 16.4 Å². The molecule has 2 aliphatic rings. The standard InChI is InChI=1S/C16H20Cl2N2O4S/c17-12-7-13(18)9-15(8-12)24-10-16(21)20-4-2-19(3-5-20)14-1-6-25(22,23)11-14/h7-9,14H,1-6,10-11H2. The summed E-state index contributed by atoms with van der Waals surface area (Å²) in [4.78, 5) is 16.2. The third-order valence-corrected chi connectivity index (χ3v) is 6.78. The Hall–Kier alpha value is -1.02. The van der Waals surface area contributed by atoms with Crippen LogP contribution in [0, 0.1) is 0 Å². The molecule has 0 spiro atoms. The Balaban J connectivity index is 1.47. The maximum Gasteiger partial charge on any atom is 0.260 e. The average molecular weight is 407 g/mol. The molecule has 0 aliphatic carbocycles. The van der Waals surface area contributed by atoms with Gasteiger partial charge in [-0.25, -0.2) is 8.42 Å². The highest BCUT2D eigenvalue weighted by Crippen LogP contribution is 2.24. The lowest BCUT2D eigenvalue weighted by atomic mass is 10.2. The van der Waals surface area contributed by atoms with Crippen LogP contribution in [0.3, 0.4) is 0 Å². The summed E-state index contributed by atoms with van der Waals surface area (Å²) in [6, 6.07) is 4.91. The number of hydrogen-bond donors (Lipinski definition) is 0. The Kier molecular flexibility index (Phi) is 5.78. The molecule has 2 aliphatic heterocycles. The molecule has 6 nitrogen and oxygen atoms in total. The Bertz CT molecular complexity index is 728. The number of carbonyl (C=O) groups is 1. The number of amides is 1. The van der Waals surface area contributed by atoms with Crippen molar-refractivity contribution in [3.8, 4) is 5.75 Å². The Morgan fingerprint density at radius 1 is 1.12 bits per heavy atom. The van der Waals surface area contributed by atoms with Gasteiger partial charge in [-0.05, 0) is 24.6 Å². The summed E-state index contributed by atoms with van der Waals surface area (Å²) in [7, 11) is -2.88. The topological polar surface area (TPSA) is 66.9 Å². The summed E-state index contributed by atoms with van der Waals surface area (Å²) in [6.07, 6.45) is 0.689. The van der Waals surface area contributed by atoms with E-state index in [1.54, 1.807) is 23.1 Å². The lowest BCUT2D eigenvalue weighted by Crippen LogP contribution is -2.53. The number of nitrogens with zero attached hydrogens (tertiary/aromatic N) is 2. The van der Waals surface area contributed by atoms with Crippen molar-refractivity contribution in [2.24, 2.45) is 0 Å². The summed E-state index contributed by atoms with van der Waals surface area (Å²) in [5.41, 5.74) is 0. The maximum atomic E-state index is 12.3. The fourth-order valence-electron chi connectivity index (χ4n) is 3.25. The van der Waals surface area contributed by atoms with Gasteiger partial charge in [0.2, 0.25) is 0 Å². The molecule has 1 atom stereocenters. The van der Waals surface area contributed by atoms with Gasteiger partial charge in [0.05, 0.1) is 11.5 Å². The fraction of sp³-hybridized carbons (Fsp3) is 0.562. The van der Waals surface area contributed by atoms with Gasteiger partial charge in [0, 0.05) is 42.3 Å². The molecule has 138 valence electrons. The normalized spacial score (nSPS) is 23.6. The highest BCUT2D eigenvalue weighted by atomic mass is 35.5. The monoisotopic (exact) mass is 406 g/mol. The molecule has 2 heterocycles. The van der Waals surface area contributed by atoms with E-state index in [4.69, 9.17) is 27.9 Å². The molecule has 3 rings (SSSR count). The molecule has 0 bridgehead atoms. The first-order chi connectivity index (χ1) is 11.8. The molecule has 0 saturated carbocycles. The molecule has 1 aromatic rings. The third kappa shape index (κ3) is 5.00. The summed E-state index contributed by atoms with van der Waals surface area (Å²) < 4.78 is 28.7. The fourth-order valence-corrected chi connectivity index (χ4v) is 5.52. The molecular formula is C16H20Cl2N2O4S. The Morgan fingerprint density at radius 2 is 1.76 bits per heavy atom. The molecule has 0 radical (unpaired) electrons. The molecule has 25 heavy (non-hydrogen) atoms. The van der Waals surface area contributed by atoms with Crippen LogP contribution in [-0.2, 0) is 14.6 Å². The molecular weight excluding hydrogens is 387 g/mol. The minimum Gasteiger partial charge on any atom is -0.484 e. The van der Waals surface area contributed by atoms with Crippen LogP contribution in [0.25, 0.3) is 0 Å². The lowest BCUT2D eigenvalue weighted by Gasteiger charge is -2.37. The smallest absolute Gasteiger partial charge is 0.260 e. The number of ether oxygens (including phenoxy) is 1. The van der Waals surface area contributed by atoms with Gasteiger partial charge < -0.3 is 9.64 Å². The van der Waals surface area contributed by atoms with Crippen LogP contribution < -0.4 is 4.74 Å². The van der Waals surface area contributed by atoms with Crippen LogP contribution in [-0.4, -0.2) is 74.5 Å². The molecule has 1 aromatic carbocycles. The van der Waals surface area contributed by atoms with E-state index in [0.717, 1.165) is 0 Å². The van der Waals surface area contributed by atoms with Gasteiger partial charge in [0.25, 0.3) is 5.91 Å². The van der Waals surface area contributed by atoms with Crippen LogP contribution >= 0.6 is 23.2 Å². The average Bonchev–Trinajstić information content (AvgIpc) is 2.92. The Morgan fingerprint density at radius 3 is 2.32 bits per heavy atom. The molecule has 1 amide bonds. The second-order valence-corrected chi connectivity index (χ2v) is 9.47. The van der Waals surface area contributed by atoms with Gasteiger partial charge in [-0.2, -0.15) is 0 Å². The number of benzene rings is 1. The van der Waals surface area contributed by atoms with Gasteiger partial charge in [-0.15, -0.1) is 0 Å². The number of piperazine rings is 1. The van der Waals surface area contributed by atoms with E-state index in [2.05, 4.69) is 4.90 Å². The van der Waals surface area contributed by atoms with Crippen molar-refractivity contribution >= 4 is 38.9 Å². The summed E-state index contributed by atoms with van der Waals surface area (Å²) in [5.74, 6) is 0.863. The molecule has 2 saturated heterocycles. The first-order valence-electron chi connectivity index (χ1n) is 8.13. The largest absolute Gasteiger partial charge is 0.484 e. The molecule has 0 N–H and O–H groups in total. The van der Waals surface area contributed by atoms with E-state index in [-0.39, 0.29) is 30.1 Å². The maximum absolute atomic E-state index is 12.3. The van der Waals surface area contributed by atoms with Crippen molar-refractivity contribution in [3.05, 3.63) is 28.2 Å². The van der Waals surface area contributed by atoms with E-state index in [1.807, 2.05) is 0 Å². The van der Waals surface area contributed by atoms with Crippen molar-refractivity contribution in [1.82, 2.24) is 9.80 Å². The van der Waals surface area contributed by atoms with Crippen LogP contribution in [0.5, 0.6) is 5.75 Å². The lowest BCUT2D eigenvalue weighted by molar-refractivity contribution is -0.135. The number of hydrogen-bond acceptors (Lipinski definition) is 5. The van der Waals surface area contributed by atoms with E-state index < -0.39 is 9.84 Å². The second kappa shape index (κ2) is 7.70. The first-order valence-corrected chi connectivity index (χ1v) is 10.7. The summed E-state index contributed by atoms with van der Waals surface area (Å²) in [6.45, 7) is 2.46. The van der Waals surface area contributed by atoms with Crippen molar-refractivity contribution in [1.29, 1.82) is 0 Å². The number of sulfone groups is 1. The third-order valence-electron chi connectivity index (χ3n) is 4.59. The molecule has 9 heteroatoms. The van der Waals surface area contributed by atoms with E-state index in [9.17, 15) is 13.2 Å². The zero-order valence-corrected chi connectivity index (χ0v) is 16.0. The highest BCUT2D eigenvalue weighted by Gasteiger charge is 2.34. The highest BCUT2D eigenvalue weighted by molar-refractivity contribution is 7.91. The zero-order valence-electron chi connectivity index (χ0n) is 13.7. The number of rotatable bonds is 4. The predicted molar refractivity (Wildman–Crippen MR) is 97.2 cm³/mol. The van der Waals surface area contributed by atoms with Crippen LogP contribution in [0.2, 0.25) is 10.0 Å². The minimum absolute atomic E-state index is 0.0749. The molecule has 0 aromatic heterocycles. The predicted octanol–water partition coefficient (Wildman–Crippen LogP) is 1.70. The zero-order chi connectivity index (χ0) is 18.0. The van der Waals surface area contributed by atoms with Crippen molar-refractivity contribution in [3.63, 3.8) is 0 Å². The van der Waals surface area contributed by atoms with Gasteiger partial charge >= 0.3 is 0 Å². The molecule has 1 unspecified atom stereocenters. The van der Waals surface area contributed by atoms with E-state index in [0.29, 0.717) is 48.4 Å². The van der Waals surface area contributed by atoms with Gasteiger partial charge in [-0.3, -0.25) is 9.69 Å². The minimum atomic E-state index is -2.88. The van der Waals surface area contributed by atoms with Crippen LogP contribution in [0.15, 0.2) is 18.2 Å². The quantitative estimate of drug-likeness (QED) is 0.760. The second-order valence-electron chi connectivity index (χ2n) is 6.37. The van der Waals surface area contributed by atoms with Crippen LogP contribution in [0.1, 0.15) is 6.42 Å². The first kappa shape index (κ1) is 18.8. The summed E-state index contributed by atoms with van der Waals surface area (Å²) >= 11 is 11.8. The summed E-state index contributed by atoms with van der Waals surface area (Å²) in [5, 5.41) is 0.908. The van der Waals surface area contributed by atoms with Crippen molar-refractivity contribution < 1.29 is 17.9 Å². The number of halogens is 2. The van der Waals surface area contributed by atoms with Crippen LogP contribution in [0.4, 0.5) is 0 Å². The van der Waals surface area contributed by atoms with E-state index in [1.165, 1.54) is 0 Å². The van der Waals surface area contributed by atoms with Gasteiger partial charge in [-0.1, -0.05) is 23.2 Å².